The fourth-order valence-corrected chi connectivity index (χ4v) is 1.92. The van der Waals surface area contributed by atoms with Crippen LogP contribution >= 0.6 is 11.3 Å². The molecule has 2 N–H and O–H groups in total. The molecule has 4 nitrogen and oxygen atoms in total. The Morgan fingerprint density at radius 2 is 2.36 bits per heavy atom. The molecule has 1 aliphatic rings. The quantitative estimate of drug-likeness (QED) is 0.814. The number of nitrogens with two attached hydrogens (primary N) is 1. The van der Waals surface area contributed by atoms with E-state index in [1.165, 1.54) is 0 Å². The molecule has 2 aromatic heterocycles. The van der Waals surface area contributed by atoms with Crippen LogP contribution in [0.25, 0.3) is 11.4 Å². The van der Waals surface area contributed by atoms with E-state index < -0.39 is 0 Å². The smallest absolute Gasteiger partial charge is 0.247 e. The highest BCUT2D eigenvalue weighted by molar-refractivity contribution is 7.08. The summed E-state index contributed by atoms with van der Waals surface area (Å²) in [7, 11) is 0. The zero-order chi connectivity index (χ0) is 9.60. The van der Waals surface area contributed by atoms with Crippen LogP contribution in [0.3, 0.4) is 0 Å². The second-order valence-corrected chi connectivity index (χ2v) is 4.37. The van der Waals surface area contributed by atoms with Crippen LogP contribution in [0, 0.1) is 0 Å². The molecule has 3 rings (SSSR count). The van der Waals surface area contributed by atoms with Gasteiger partial charge in [0.25, 0.3) is 0 Å². The van der Waals surface area contributed by atoms with Gasteiger partial charge in [0.1, 0.15) is 0 Å². The van der Waals surface area contributed by atoms with Crippen molar-refractivity contribution in [3.05, 3.63) is 22.7 Å². The summed E-state index contributed by atoms with van der Waals surface area (Å²) in [4.78, 5) is 4.29. The molecule has 14 heavy (non-hydrogen) atoms. The van der Waals surface area contributed by atoms with Gasteiger partial charge in [0, 0.05) is 10.9 Å². The van der Waals surface area contributed by atoms with Crippen LogP contribution in [0.2, 0.25) is 0 Å². The van der Waals surface area contributed by atoms with Gasteiger partial charge < -0.3 is 10.3 Å². The molecular formula is C9H9N3OS. The molecule has 0 saturated heterocycles. The Hall–Kier alpha value is -1.20. The molecule has 2 heterocycles. The van der Waals surface area contributed by atoms with Crippen molar-refractivity contribution in [2.24, 2.45) is 5.73 Å². The van der Waals surface area contributed by atoms with Gasteiger partial charge in [-0.3, -0.25) is 0 Å². The van der Waals surface area contributed by atoms with E-state index in [9.17, 15) is 0 Å². The van der Waals surface area contributed by atoms with Crippen molar-refractivity contribution in [3.8, 4) is 11.4 Å². The van der Waals surface area contributed by atoms with Crippen LogP contribution in [0.4, 0.5) is 0 Å². The highest BCUT2D eigenvalue weighted by Gasteiger charge is 2.45. The van der Waals surface area contributed by atoms with Crippen LogP contribution in [-0.4, -0.2) is 10.1 Å². The van der Waals surface area contributed by atoms with Crippen LogP contribution in [0.5, 0.6) is 0 Å². The van der Waals surface area contributed by atoms with E-state index in [1.807, 2.05) is 16.8 Å². The predicted molar refractivity (Wildman–Crippen MR) is 52.7 cm³/mol. The van der Waals surface area contributed by atoms with Gasteiger partial charge in [-0.1, -0.05) is 5.16 Å². The number of thiophene rings is 1. The zero-order valence-electron chi connectivity index (χ0n) is 7.43. The molecule has 72 valence electrons. The minimum absolute atomic E-state index is 0.332. The first-order valence-corrected chi connectivity index (χ1v) is 5.38. The molecule has 0 aromatic carbocycles. The summed E-state index contributed by atoms with van der Waals surface area (Å²) in [5.41, 5.74) is 6.60. The zero-order valence-corrected chi connectivity index (χ0v) is 8.25. The molecule has 2 aromatic rings. The summed E-state index contributed by atoms with van der Waals surface area (Å²) in [6.07, 6.45) is 1.89. The Balaban J connectivity index is 1.98. The third kappa shape index (κ3) is 1.17. The first-order valence-electron chi connectivity index (χ1n) is 4.44. The largest absolute Gasteiger partial charge is 0.337 e. The lowest BCUT2D eigenvalue weighted by molar-refractivity contribution is 0.348. The third-order valence-electron chi connectivity index (χ3n) is 2.42. The van der Waals surface area contributed by atoms with Crippen molar-refractivity contribution < 1.29 is 4.52 Å². The standard InChI is InChI=1S/C9H9N3OS/c10-9(2-3-9)8-11-7(12-13-8)6-1-4-14-5-6/h1,4-5H,2-3,10H2. The number of hydrogen-bond acceptors (Lipinski definition) is 5. The van der Waals surface area contributed by atoms with E-state index in [-0.39, 0.29) is 5.54 Å². The van der Waals surface area contributed by atoms with E-state index in [0.29, 0.717) is 11.7 Å². The SMILES string of the molecule is NC1(c2nc(-c3ccsc3)no2)CC1. The lowest BCUT2D eigenvalue weighted by atomic mass is 10.3. The summed E-state index contributed by atoms with van der Waals surface area (Å²) in [6.45, 7) is 0. The molecule has 0 spiro atoms. The molecule has 0 atom stereocenters. The topological polar surface area (TPSA) is 64.9 Å². The molecular weight excluding hydrogens is 198 g/mol. The van der Waals surface area contributed by atoms with Crippen LogP contribution in [0.15, 0.2) is 21.3 Å². The second-order valence-electron chi connectivity index (χ2n) is 3.59. The van der Waals surface area contributed by atoms with Gasteiger partial charge in [-0.25, -0.2) is 0 Å². The van der Waals surface area contributed by atoms with E-state index >= 15 is 0 Å². The predicted octanol–water partition coefficient (Wildman–Crippen LogP) is 1.75. The highest BCUT2D eigenvalue weighted by Crippen LogP contribution is 2.42. The van der Waals surface area contributed by atoms with E-state index in [0.717, 1.165) is 18.4 Å². The van der Waals surface area contributed by atoms with Gasteiger partial charge in [-0.05, 0) is 24.3 Å². The Morgan fingerprint density at radius 3 is 3.00 bits per heavy atom. The average Bonchev–Trinajstić information content (AvgIpc) is 2.73. The van der Waals surface area contributed by atoms with Crippen LogP contribution in [0.1, 0.15) is 18.7 Å². The van der Waals surface area contributed by atoms with E-state index in [2.05, 4.69) is 10.1 Å². The first-order chi connectivity index (χ1) is 6.78. The van der Waals surface area contributed by atoms with Gasteiger partial charge in [-0.15, -0.1) is 0 Å². The fourth-order valence-electron chi connectivity index (χ4n) is 1.28. The molecule has 0 bridgehead atoms. The molecule has 0 amide bonds. The van der Waals surface area contributed by atoms with Crippen molar-refractivity contribution in [1.82, 2.24) is 10.1 Å². The summed E-state index contributed by atoms with van der Waals surface area (Å²) in [5, 5.41) is 7.88. The third-order valence-corrected chi connectivity index (χ3v) is 3.10. The average molecular weight is 207 g/mol. The van der Waals surface area contributed by atoms with Gasteiger partial charge in [0.15, 0.2) is 0 Å². The Kier molecular flexibility index (Phi) is 1.54. The minimum atomic E-state index is -0.332. The second kappa shape index (κ2) is 2.65. The van der Waals surface area contributed by atoms with Crippen LogP contribution in [-0.2, 0) is 5.54 Å². The maximum Gasteiger partial charge on any atom is 0.247 e. The monoisotopic (exact) mass is 207 g/mol. The molecule has 1 aliphatic carbocycles. The number of hydrogen-bond donors (Lipinski definition) is 1. The Bertz CT molecular complexity index is 444. The highest BCUT2D eigenvalue weighted by atomic mass is 32.1. The van der Waals surface area contributed by atoms with Crippen molar-refractivity contribution in [1.29, 1.82) is 0 Å². The minimum Gasteiger partial charge on any atom is -0.337 e. The lowest BCUT2D eigenvalue weighted by Gasteiger charge is -1.97. The normalized spacial score (nSPS) is 18.4. The summed E-state index contributed by atoms with van der Waals surface area (Å²) in [5.74, 6) is 1.21. The molecule has 0 radical (unpaired) electrons. The van der Waals surface area contributed by atoms with Crippen molar-refractivity contribution in [3.63, 3.8) is 0 Å². The van der Waals surface area contributed by atoms with Crippen LogP contribution < -0.4 is 5.73 Å². The Labute approximate surface area is 84.7 Å². The first kappa shape index (κ1) is 8.14. The van der Waals surface area contributed by atoms with E-state index in [1.54, 1.807) is 11.3 Å². The van der Waals surface area contributed by atoms with Crippen molar-refractivity contribution in [2.45, 2.75) is 18.4 Å². The maximum absolute atomic E-state index is 5.94. The summed E-state index contributed by atoms with van der Waals surface area (Å²) < 4.78 is 5.13. The van der Waals surface area contributed by atoms with Gasteiger partial charge >= 0.3 is 0 Å². The Morgan fingerprint density at radius 1 is 1.50 bits per heavy atom. The molecule has 1 fully saturated rings. The summed E-state index contributed by atoms with van der Waals surface area (Å²) >= 11 is 1.61. The van der Waals surface area contributed by atoms with Gasteiger partial charge in [-0.2, -0.15) is 16.3 Å². The molecule has 0 aliphatic heterocycles. The summed E-state index contributed by atoms with van der Waals surface area (Å²) in [6, 6.07) is 1.97. The number of nitrogens with zero attached hydrogens (tertiary/aromatic N) is 2. The maximum atomic E-state index is 5.94. The fraction of sp³-hybridized carbons (Fsp3) is 0.333. The van der Waals surface area contributed by atoms with E-state index in [4.69, 9.17) is 10.3 Å². The lowest BCUT2D eigenvalue weighted by Crippen LogP contribution is -2.18. The number of rotatable bonds is 2. The molecule has 1 saturated carbocycles. The van der Waals surface area contributed by atoms with Crippen molar-refractivity contribution >= 4 is 11.3 Å². The molecule has 0 unspecified atom stereocenters. The number of aromatic nitrogens is 2. The van der Waals surface area contributed by atoms with Gasteiger partial charge in [0.05, 0.1) is 5.54 Å². The van der Waals surface area contributed by atoms with Gasteiger partial charge in [0.2, 0.25) is 11.7 Å². The molecule has 5 heteroatoms. The van der Waals surface area contributed by atoms with Crippen molar-refractivity contribution in [2.75, 3.05) is 0 Å².